The minimum Gasteiger partial charge on any atom is -0.513 e. The van der Waals surface area contributed by atoms with Crippen LogP contribution in [0.3, 0.4) is 0 Å². The fourth-order valence-electron chi connectivity index (χ4n) is 3.87. The largest absolute Gasteiger partial charge is 0.513 e. The van der Waals surface area contributed by atoms with E-state index in [1.54, 1.807) is 0 Å². The Balaban J connectivity index is 1.75. The molecule has 0 heterocycles. The minimum atomic E-state index is 0.240. The van der Waals surface area contributed by atoms with E-state index in [9.17, 15) is 5.11 Å². The lowest BCUT2D eigenvalue weighted by Gasteiger charge is -2.16. The molecule has 2 heteroatoms. The zero-order chi connectivity index (χ0) is 19.4. The van der Waals surface area contributed by atoms with Crippen molar-refractivity contribution in [1.82, 2.24) is 0 Å². The monoisotopic (exact) mass is 362 g/mol. The van der Waals surface area contributed by atoms with E-state index in [4.69, 9.17) is 4.74 Å². The highest BCUT2D eigenvalue weighted by molar-refractivity contribution is 5.71. The lowest BCUT2D eigenvalue weighted by Crippen LogP contribution is -2.04. The summed E-state index contributed by atoms with van der Waals surface area (Å²) in [5, 5.41) is 9.35. The van der Waals surface area contributed by atoms with Gasteiger partial charge in [-0.2, -0.15) is 0 Å². The molecule has 2 nitrogen and oxygen atoms in total. The molecule has 27 heavy (non-hydrogen) atoms. The minimum absolute atomic E-state index is 0.240. The smallest absolute Gasteiger partial charge is 0.122 e. The molecule has 2 aromatic carbocycles. The fourth-order valence-corrected chi connectivity index (χ4v) is 3.87. The van der Waals surface area contributed by atoms with Crippen molar-refractivity contribution < 1.29 is 9.84 Å². The molecule has 142 valence electrons. The molecule has 1 aliphatic carbocycles. The Morgan fingerprint density at radius 2 is 1.89 bits per heavy atom. The molecule has 2 aromatic rings. The van der Waals surface area contributed by atoms with Gasteiger partial charge in [-0.3, -0.25) is 0 Å². The molecule has 0 radical (unpaired) electrons. The topological polar surface area (TPSA) is 29.5 Å². The fraction of sp³-hybridized carbons (Fsp3) is 0.360. The normalized spacial score (nSPS) is 13.9. The number of aliphatic hydroxyl groups excluding tert-OH is 1. The molecular weight excluding hydrogens is 332 g/mol. The van der Waals surface area contributed by atoms with Crippen LogP contribution in [0.2, 0.25) is 0 Å². The van der Waals surface area contributed by atoms with Crippen molar-refractivity contribution in [2.75, 3.05) is 6.61 Å². The van der Waals surface area contributed by atoms with Gasteiger partial charge in [0.15, 0.2) is 0 Å². The van der Waals surface area contributed by atoms with Gasteiger partial charge in [-0.1, -0.05) is 42.5 Å². The van der Waals surface area contributed by atoms with Gasteiger partial charge in [0.1, 0.15) is 12.4 Å². The van der Waals surface area contributed by atoms with Gasteiger partial charge in [0.05, 0.1) is 5.76 Å². The Labute approximate surface area is 163 Å². The van der Waals surface area contributed by atoms with E-state index >= 15 is 0 Å². The number of hydrogen-bond donors (Lipinski definition) is 1. The second-order valence-electron chi connectivity index (χ2n) is 7.63. The van der Waals surface area contributed by atoms with Crippen molar-refractivity contribution in [2.24, 2.45) is 0 Å². The van der Waals surface area contributed by atoms with Crippen LogP contribution in [0.5, 0.6) is 5.75 Å². The highest BCUT2D eigenvalue weighted by Gasteiger charge is 2.17. The van der Waals surface area contributed by atoms with E-state index in [1.807, 2.05) is 0 Å². The van der Waals surface area contributed by atoms with Gasteiger partial charge in [0, 0.05) is 6.42 Å². The first-order valence-electron chi connectivity index (χ1n) is 9.82. The molecule has 0 aromatic heterocycles. The highest BCUT2D eigenvalue weighted by atomic mass is 16.5. The summed E-state index contributed by atoms with van der Waals surface area (Å²) in [6.45, 7) is 10.6. The Morgan fingerprint density at radius 1 is 1.07 bits per heavy atom. The molecule has 1 N–H and O–H groups in total. The van der Waals surface area contributed by atoms with E-state index in [2.05, 4.69) is 63.7 Å². The maximum atomic E-state index is 9.35. The third-order valence-corrected chi connectivity index (χ3v) is 5.63. The van der Waals surface area contributed by atoms with Crippen LogP contribution in [0.1, 0.15) is 53.5 Å². The van der Waals surface area contributed by atoms with Gasteiger partial charge in [0.25, 0.3) is 0 Å². The number of ether oxygens (including phenoxy) is 1. The van der Waals surface area contributed by atoms with Crippen molar-refractivity contribution in [2.45, 2.75) is 52.9 Å². The van der Waals surface area contributed by atoms with Crippen molar-refractivity contribution in [3.05, 3.63) is 82.1 Å². The number of hydrogen-bond acceptors (Lipinski definition) is 2. The Morgan fingerprint density at radius 3 is 2.63 bits per heavy atom. The van der Waals surface area contributed by atoms with Crippen LogP contribution in [0, 0.1) is 20.8 Å². The maximum absolute atomic E-state index is 9.35. The number of aliphatic hydroxyl groups is 1. The zero-order valence-electron chi connectivity index (χ0n) is 16.8. The number of allylic oxidation sites excluding steroid dienone is 2. The number of aryl methyl sites for hydroxylation is 2. The molecule has 0 unspecified atom stereocenters. The average Bonchev–Trinajstić information content (AvgIpc) is 3.10. The summed E-state index contributed by atoms with van der Waals surface area (Å²) in [6, 6.07) is 13.0. The molecular formula is C25H30O2. The van der Waals surface area contributed by atoms with Crippen molar-refractivity contribution in [1.29, 1.82) is 0 Å². The second kappa shape index (κ2) is 8.47. The summed E-state index contributed by atoms with van der Waals surface area (Å²) in [5.41, 5.74) is 9.22. The van der Waals surface area contributed by atoms with Crippen LogP contribution in [0.25, 0.3) is 5.57 Å². The Hall–Kier alpha value is -2.48. The summed E-state index contributed by atoms with van der Waals surface area (Å²) in [6.07, 6.45) is 4.89. The molecule has 0 atom stereocenters. The van der Waals surface area contributed by atoms with Gasteiger partial charge in [-0.05, 0) is 85.9 Å². The first-order valence-corrected chi connectivity index (χ1v) is 9.82. The standard InChI is InChI=1S/C25H30O2/c1-17-7-5-8-22(15-17)24-10-6-9-23(24)16-27-25-14-13-21(12-11-18(2)26)19(3)20(25)4/h5,7-8,13-15,26H,2,6,9-12,16H2,1,3-4H3. The van der Waals surface area contributed by atoms with E-state index in [-0.39, 0.29) is 5.76 Å². The van der Waals surface area contributed by atoms with E-state index < -0.39 is 0 Å². The first-order chi connectivity index (χ1) is 13.0. The summed E-state index contributed by atoms with van der Waals surface area (Å²) in [4.78, 5) is 0. The molecule has 0 bridgehead atoms. The average molecular weight is 363 g/mol. The number of rotatable bonds is 7. The first kappa shape index (κ1) is 19.3. The predicted octanol–water partition coefficient (Wildman–Crippen LogP) is 6.63. The predicted molar refractivity (Wildman–Crippen MR) is 113 cm³/mol. The number of benzene rings is 2. The van der Waals surface area contributed by atoms with E-state index in [0.29, 0.717) is 13.0 Å². The third-order valence-electron chi connectivity index (χ3n) is 5.63. The third kappa shape index (κ3) is 4.63. The van der Waals surface area contributed by atoms with Gasteiger partial charge in [-0.25, -0.2) is 0 Å². The van der Waals surface area contributed by atoms with E-state index in [1.165, 1.54) is 45.4 Å². The molecule has 3 rings (SSSR count). The molecule has 0 saturated heterocycles. The van der Waals surface area contributed by atoms with Gasteiger partial charge in [-0.15, -0.1) is 0 Å². The Kier molecular flexibility index (Phi) is 6.05. The second-order valence-corrected chi connectivity index (χ2v) is 7.63. The van der Waals surface area contributed by atoms with Crippen LogP contribution in [-0.4, -0.2) is 11.7 Å². The summed E-state index contributed by atoms with van der Waals surface area (Å²) >= 11 is 0. The summed E-state index contributed by atoms with van der Waals surface area (Å²) in [7, 11) is 0. The zero-order valence-corrected chi connectivity index (χ0v) is 16.8. The molecule has 0 fully saturated rings. The molecule has 1 aliphatic rings. The van der Waals surface area contributed by atoms with Crippen molar-refractivity contribution >= 4 is 5.57 Å². The SMILES string of the molecule is C=C(O)CCc1ccc(OCC2=C(c3cccc(C)c3)CCC2)c(C)c1C. The lowest BCUT2D eigenvalue weighted by molar-refractivity contribution is 0.346. The quantitative estimate of drug-likeness (QED) is 0.560. The Bertz CT molecular complexity index is 874. The summed E-state index contributed by atoms with van der Waals surface area (Å²) in [5.74, 6) is 1.20. The van der Waals surface area contributed by atoms with Crippen LogP contribution in [0.4, 0.5) is 0 Å². The van der Waals surface area contributed by atoms with Crippen molar-refractivity contribution in [3.63, 3.8) is 0 Å². The van der Waals surface area contributed by atoms with Crippen LogP contribution < -0.4 is 4.74 Å². The molecule has 0 saturated carbocycles. The lowest BCUT2D eigenvalue weighted by atomic mass is 9.98. The molecule has 0 aliphatic heterocycles. The van der Waals surface area contributed by atoms with Crippen LogP contribution >= 0.6 is 0 Å². The van der Waals surface area contributed by atoms with E-state index in [0.717, 1.165) is 25.0 Å². The summed E-state index contributed by atoms with van der Waals surface area (Å²) < 4.78 is 6.24. The van der Waals surface area contributed by atoms with Gasteiger partial charge in [0.2, 0.25) is 0 Å². The van der Waals surface area contributed by atoms with Crippen molar-refractivity contribution in [3.8, 4) is 5.75 Å². The van der Waals surface area contributed by atoms with Gasteiger partial charge < -0.3 is 9.84 Å². The van der Waals surface area contributed by atoms with Crippen LogP contribution in [-0.2, 0) is 6.42 Å². The molecule has 0 spiro atoms. The highest BCUT2D eigenvalue weighted by Crippen LogP contribution is 2.35. The van der Waals surface area contributed by atoms with Gasteiger partial charge >= 0.3 is 0 Å². The van der Waals surface area contributed by atoms with Crippen LogP contribution in [0.15, 0.2) is 54.3 Å². The molecule has 0 amide bonds. The maximum Gasteiger partial charge on any atom is 0.122 e.